The number of aryl methyl sites for hydroxylation is 1. The summed E-state index contributed by atoms with van der Waals surface area (Å²) in [6, 6.07) is 4.89. The van der Waals surface area contributed by atoms with Crippen molar-refractivity contribution in [2.24, 2.45) is 0 Å². The molecule has 0 amide bonds. The summed E-state index contributed by atoms with van der Waals surface area (Å²) < 4.78 is 5.16. The normalized spacial score (nSPS) is 13.6. The highest BCUT2D eigenvalue weighted by molar-refractivity contribution is 6.30. The maximum atomic E-state index is 11.2. The maximum absolute atomic E-state index is 11.2. The molecule has 0 aromatic heterocycles. The van der Waals surface area contributed by atoms with Gasteiger partial charge < -0.3 is 9.84 Å². The van der Waals surface area contributed by atoms with Crippen molar-refractivity contribution in [3.63, 3.8) is 0 Å². The molecule has 1 atom stereocenters. The van der Waals surface area contributed by atoms with Gasteiger partial charge in [-0.15, -0.1) is 0 Å². The van der Waals surface area contributed by atoms with Crippen LogP contribution in [0.1, 0.15) is 18.1 Å². The third-order valence-corrected chi connectivity index (χ3v) is 2.85. The number of rotatable bonds is 3. The molecule has 0 spiro atoms. The molecule has 0 fully saturated rings. The number of halogens is 1. The fourth-order valence-corrected chi connectivity index (χ4v) is 1.87. The minimum absolute atomic E-state index is 0.264. The second-order valence-corrected chi connectivity index (χ2v) is 4.28. The number of carboxylic acids is 1. The summed E-state index contributed by atoms with van der Waals surface area (Å²) in [5, 5.41) is 18.6. The molecule has 0 bridgehead atoms. The summed E-state index contributed by atoms with van der Waals surface area (Å²) >= 11 is 5.89. The molecule has 0 aliphatic carbocycles. The summed E-state index contributed by atoms with van der Waals surface area (Å²) in [7, 11) is 1.43. The number of carbonyl (C=O) groups is 1. The fourth-order valence-electron chi connectivity index (χ4n) is 1.60. The summed E-state index contributed by atoms with van der Waals surface area (Å²) in [5.74, 6) is -0.860. The SMILES string of the molecule is COc1c(C)cc(Cl)cc1C(C)(C#N)C(=O)O. The minimum atomic E-state index is -1.68. The van der Waals surface area contributed by atoms with Crippen LogP contribution in [0.25, 0.3) is 0 Å². The van der Waals surface area contributed by atoms with Gasteiger partial charge in [-0.2, -0.15) is 5.26 Å². The average Bonchev–Trinajstić information content (AvgIpc) is 2.26. The highest BCUT2D eigenvalue weighted by Crippen LogP contribution is 2.36. The number of nitrogens with zero attached hydrogens (tertiary/aromatic N) is 1. The highest BCUT2D eigenvalue weighted by Gasteiger charge is 2.38. The van der Waals surface area contributed by atoms with Crippen LogP contribution in [0.4, 0.5) is 0 Å². The summed E-state index contributed by atoms with van der Waals surface area (Å²) in [6.45, 7) is 3.07. The van der Waals surface area contributed by atoms with Gasteiger partial charge in [-0.25, -0.2) is 0 Å². The first kappa shape index (κ1) is 13.3. The van der Waals surface area contributed by atoms with E-state index in [0.717, 1.165) is 0 Å². The van der Waals surface area contributed by atoms with Crippen molar-refractivity contribution in [1.82, 2.24) is 0 Å². The zero-order valence-corrected chi connectivity index (χ0v) is 10.5. The predicted molar refractivity (Wildman–Crippen MR) is 63.3 cm³/mol. The molecule has 17 heavy (non-hydrogen) atoms. The Morgan fingerprint density at radius 1 is 1.59 bits per heavy atom. The summed E-state index contributed by atoms with van der Waals surface area (Å²) in [5.41, 5.74) is -0.723. The van der Waals surface area contributed by atoms with Gasteiger partial charge in [0.15, 0.2) is 5.41 Å². The molecule has 0 heterocycles. The fraction of sp³-hybridized carbons (Fsp3) is 0.333. The van der Waals surface area contributed by atoms with Gasteiger partial charge in [0.05, 0.1) is 13.2 Å². The summed E-state index contributed by atoms with van der Waals surface area (Å²) in [6.07, 6.45) is 0. The average molecular weight is 254 g/mol. The Morgan fingerprint density at radius 2 is 2.18 bits per heavy atom. The Kier molecular flexibility index (Phi) is 3.64. The molecule has 1 N–H and O–H groups in total. The molecule has 0 aliphatic heterocycles. The molecule has 0 saturated carbocycles. The largest absolute Gasteiger partial charge is 0.496 e. The molecular weight excluding hydrogens is 242 g/mol. The second kappa shape index (κ2) is 4.64. The highest BCUT2D eigenvalue weighted by atomic mass is 35.5. The lowest BCUT2D eigenvalue weighted by Gasteiger charge is -2.21. The molecule has 90 valence electrons. The van der Waals surface area contributed by atoms with Crippen molar-refractivity contribution < 1.29 is 14.6 Å². The number of benzene rings is 1. The molecule has 1 rings (SSSR count). The first-order chi connectivity index (χ1) is 7.86. The first-order valence-corrected chi connectivity index (χ1v) is 5.24. The van der Waals surface area contributed by atoms with E-state index >= 15 is 0 Å². The van der Waals surface area contributed by atoms with Crippen molar-refractivity contribution in [2.75, 3.05) is 7.11 Å². The lowest BCUT2D eigenvalue weighted by Crippen LogP contribution is -2.31. The van der Waals surface area contributed by atoms with Crippen LogP contribution in [0, 0.1) is 18.3 Å². The van der Waals surface area contributed by atoms with Crippen molar-refractivity contribution in [3.05, 3.63) is 28.3 Å². The third-order valence-electron chi connectivity index (χ3n) is 2.63. The number of hydrogen-bond acceptors (Lipinski definition) is 3. The van der Waals surface area contributed by atoms with Crippen molar-refractivity contribution in [2.45, 2.75) is 19.3 Å². The van der Waals surface area contributed by atoms with Crippen LogP contribution in [0.15, 0.2) is 12.1 Å². The number of methoxy groups -OCH3 is 1. The van der Waals surface area contributed by atoms with E-state index in [1.54, 1.807) is 19.1 Å². The number of ether oxygens (including phenoxy) is 1. The zero-order chi connectivity index (χ0) is 13.2. The quantitative estimate of drug-likeness (QED) is 0.899. The summed E-state index contributed by atoms with van der Waals surface area (Å²) in [4.78, 5) is 11.2. The van der Waals surface area contributed by atoms with Crippen molar-refractivity contribution in [1.29, 1.82) is 5.26 Å². The number of carboxylic acid groups (broad SMARTS) is 1. The van der Waals surface area contributed by atoms with E-state index in [-0.39, 0.29) is 5.56 Å². The van der Waals surface area contributed by atoms with Gasteiger partial charge in [0.1, 0.15) is 5.75 Å². The van der Waals surface area contributed by atoms with Gasteiger partial charge in [0.2, 0.25) is 0 Å². The molecule has 5 heteroatoms. The first-order valence-electron chi connectivity index (χ1n) is 4.86. The minimum Gasteiger partial charge on any atom is -0.496 e. The van der Waals surface area contributed by atoms with E-state index in [1.807, 2.05) is 0 Å². The molecule has 0 radical (unpaired) electrons. The molecule has 1 unspecified atom stereocenters. The van der Waals surface area contributed by atoms with E-state index in [2.05, 4.69) is 0 Å². The van der Waals surface area contributed by atoms with Crippen molar-refractivity contribution >= 4 is 17.6 Å². The molecule has 1 aromatic rings. The lowest BCUT2D eigenvalue weighted by atomic mass is 9.82. The van der Waals surface area contributed by atoms with Gasteiger partial charge in [-0.1, -0.05) is 11.6 Å². The molecule has 0 aliphatic rings. The van der Waals surface area contributed by atoms with Crippen LogP contribution in [0.3, 0.4) is 0 Å². The molecule has 1 aromatic carbocycles. The third kappa shape index (κ3) is 2.20. The Labute approximate surface area is 104 Å². The van der Waals surface area contributed by atoms with Gasteiger partial charge in [-0.3, -0.25) is 4.79 Å². The number of hydrogen-bond donors (Lipinski definition) is 1. The molecule has 0 saturated heterocycles. The van der Waals surface area contributed by atoms with Crippen LogP contribution in [0.2, 0.25) is 5.02 Å². The second-order valence-electron chi connectivity index (χ2n) is 3.85. The Morgan fingerprint density at radius 3 is 2.59 bits per heavy atom. The van der Waals surface area contributed by atoms with Gasteiger partial charge in [-0.05, 0) is 31.5 Å². The van der Waals surface area contributed by atoms with E-state index in [1.165, 1.54) is 20.1 Å². The van der Waals surface area contributed by atoms with E-state index < -0.39 is 11.4 Å². The molecular formula is C12H12ClNO3. The monoisotopic (exact) mass is 253 g/mol. The Bertz CT molecular complexity index is 507. The van der Waals surface area contributed by atoms with Crippen LogP contribution >= 0.6 is 11.6 Å². The van der Waals surface area contributed by atoms with Gasteiger partial charge in [0.25, 0.3) is 0 Å². The zero-order valence-electron chi connectivity index (χ0n) is 9.74. The number of nitriles is 1. The molecule has 4 nitrogen and oxygen atoms in total. The maximum Gasteiger partial charge on any atom is 0.328 e. The Balaban J connectivity index is 3.60. The predicted octanol–water partition coefficient (Wildman–Crippen LogP) is 2.52. The van der Waals surface area contributed by atoms with E-state index in [4.69, 9.17) is 26.7 Å². The van der Waals surface area contributed by atoms with E-state index in [0.29, 0.717) is 16.3 Å². The Hall–Kier alpha value is -1.73. The topological polar surface area (TPSA) is 70.3 Å². The van der Waals surface area contributed by atoms with Crippen LogP contribution in [-0.4, -0.2) is 18.2 Å². The standard InChI is InChI=1S/C12H12ClNO3/c1-7-4-8(13)5-9(10(7)17-3)12(2,6-14)11(15)16/h4-5H,1-3H3,(H,15,16). The van der Waals surface area contributed by atoms with Crippen LogP contribution in [0.5, 0.6) is 5.75 Å². The van der Waals surface area contributed by atoms with Gasteiger partial charge >= 0.3 is 5.97 Å². The van der Waals surface area contributed by atoms with Crippen molar-refractivity contribution in [3.8, 4) is 11.8 Å². The van der Waals surface area contributed by atoms with Crippen LogP contribution < -0.4 is 4.74 Å². The smallest absolute Gasteiger partial charge is 0.328 e. The van der Waals surface area contributed by atoms with Crippen LogP contribution in [-0.2, 0) is 10.2 Å². The lowest BCUT2D eigenvalue weighted by molar-refractivity contribution is -0.141. The van der Waals surface area contributed by atoms with Gasteiger partial charge in [0, 0.05) is 10.6 Å². The number of aliphatic carboxylic acids is 1. The van der Waals surface area contributed by atoms with E-state index in [9.17, 15) is 4.79 Å².